The second-order valence-electron chi connectivity index (χ2n) is 4.69. The van der Waals surface area contributed by atoms with Crippen molar-refractivity contribution in [2.75, 3.05) is 0 Å². The van der Waals surface area contributed by atoms with Crippen LogP contribution in [0.25, 0.3) is 11.6 Å². The maximum Gasteiger partial charge on any atom is 0.258 e. The fourth-order valence-electron chi connectivity index (χ4n) is 1.83. The highest BCUT2D eigenvalue weighted by Gasteiger charge is 2.21. The Kier molecular flexibility index (Phi) is 8.45. The van der Waals surface area contributed by atoms with E-state index < -0.39 is 0 Å². The number of nitrogens with one attached hydrogen (secondary N) is 1. The first kappa shape index (κ1) is 19.3. The van der Waals surface area contributed by atoms with Crippen molar-refractivity contribution in [1.82, 2.24) is 5.32 Å². The number of carbonyl (C=O) groups is 2. The van der Waals surface area contributed by atoms with Crippen molar-refractivity contribution < 1.29 is 9.59 Å². The van der Waals surface area contributed by atoms with Crippen LogP contribution in [0.4, 0.5) is 0 Å². The van der Waals surface area contributed by atoms with Gasteiger partial charge in [0.05, 0.1) is 11.6 Å². The molecule has 2 aromatic carbocycles. The minimum atomic E-state index is -0.344. The third-order valence-electron chi connectivity index (χ3n) is 2.97. The van der Waals surface area contributed by atoms with Crippen LogP contribution in [0.5, 0.6) is 0 Å². The molecule has 2 aromatic rings. The van der Waals surface area contributed by atoms with Gasteiger partial charge in [0.15, 0.2) is 0 Å². The molecule has 1 heterocycles. The fraction of sp³-hybridized carbons (Fsp3) is 0. The van der Waals surface area contributed by atoms with Gasteiger partial charge in [0, 0.05) is 12.2 Å². The smallest absolute Gasteiger partial charge is 0.258 e. The number of nitriles is 1. The Morgan fingerprint density at radius 1 is 0.920 bits per heavy atom. The topological polar surface area (TPSA) is 70.0 Å². The number of amides is 2. The van der Waals surface area contributed by atoms with Crippen LogP contribution >= 0.6 is 0 Å². The van der Waals surface area contributed by atoms with Crippen LogP contribution in [-0.4, -0.2) is 11.8 Å². The van der Waals surface area contributed by atoms with E-state index in [4.69, 9.17) is 5.26 Å². The van der Waals surface area contributed by atoms with Gasteiger partial charge in [0.2, 0.25) is 0 Å². The summed E-state index contributed by atoms with van der Waals surface area (Å²) in [5, 5.41) is 9.70. The second-order valence-corrected chi connectivity index (χ2v) is 4.69. The fourth-order valence-corrected chi connectivity index (χ4v) is 1.83. The first-order valence-corrected chi connectivity index (χ1v) is 7.42. The van der Waals surface area contributed by atoms with Crippen LogP contribution in [0.15, 0.2) is 86.0 Å². The zero-order valence-electron chi connectivity index (χ0n) is 13.7. The Bertz CT molecular complexity index is 801. The van der Waals surface area contributed by atoms with Gasteiger partial charge in [-0.1, -0.05) is 79.9 Å². The zero-order valence-corrected chi connectivity index (χ0v) is 13.7. The summed E-state index contributed by atoms with van der Waals surface area (Å²) in [6, 6.07) is 20.8. The van der Waals surface area contributed by atoms with Crippen LogP contribution in [0.3, 0.4) is 0 Å². The Labute approximate surface area is 147 Å². The van der Waals surface area contributed by atoms with Crippen LogP contribution in [0.1, 0.15) is 11.1 Å². The lowest BCUT2D eigenvalue weighted by Crippen LogP contribution is -2.21. The van der Waals surface area contributed by atoms with E-state index in [2.05, 4.69) is 18.5 Å². The molecule has 25 heavy (non-hydrogen) atoms. The lowest BCUT2D eigenvalue weighted by Gasteiger charge is -1.97. The van der Waals surface area contributed by atoms with Crippen molar-refractivity contribution in [2.45, 2.75) is 0 Å². The standard InChI is InChI=1S/C10H7NO2.C8H8.C3H3N/c12-9-6-8(10(13)11-9)7-4-2-1-3-5-7;1-2-8-6-4-3-5-7-8;1-2-3-4/h1-6H,(H,11,12,13);2-7H,1H2;2H,1H2. The summed E-state index contributed by atoms with van der Waals surface area (Å²) in [6.45, 7) is 6.75. The molecular weight excluding hydrogens is 312 g/mol. The first-order chi connectivity index (χ1) is 12.1. The number of rotatable bonds is 2. The molecule has 0 fully saturated rings. The first-order valence-electron chi connectivity index (χ1n) is 7.42. The molecule has 0 unspecified atom stereocenters. The van der Waals surface area contributed by atoms with Crippen molar-refractivity contribution in [3.63, 3.8) is 0 Å². The van der Waals surface area contributed by atoms with Gasteiger partial charge in [-0.2, -0.15) is 5.26 Å². The summed E-state index contributed by atoms with van der Waals surface area (Å²) >= 11 is 0. The summed E-state index contributed by atoms with van der Waals surface area (Å²) in [5.74, 6) is -0.667. The number of benzene rings is 2. The average molecular weight is 330 g/mol. The van der Waals surface area contributed by atoms with E-state index in [0.29, 0.717) is 5.57 Å². The SMILES string of the molecule is C=CC#N.C=Cc1ccccc1.O=C1C=C(c2ccccc2)C(=O)N1. The van der Waals surface area contributed by atoms with Crippen LogP contribution < -0.4 is 5.32 Å². The molecule has 0 aliphatic carbocycles. The van der Waals surface area contributed by atoms with Crippen LogP contribution in [0, 0.1) is 11.3 Å². The van der Waals surface area contributed by atoms with Gasteiger partial charge in [-0.15, -0.1) is 0 Å². The highest BCUT2D eigenvalue weighted by atomic mass is 16.2. The number of nitrogens with zero attached hydrogens (tertiary/aromatic N) is 1. The lowest BCUT2D eigenvalue weighted by molar-refractivity contribution is -0.123. The van der Waals surface area contributed by atoms with Crippen molar-refractivity contribution in [3.05, 3.63) is 97.1 Å². The number of allylic oxidation sites excluding steroid dienone is 1. The number of hydrogen-bond acceptors (Lipinski definition) is 3. The van der Waals surface area contributed by atoms with E-state index in [1.54, 1.807) is 18.2 Å². The molecule has 1 N–H and O–H groups in total. The van der Waals surface area contributed by atoms with Crippen molar-refractivity contribution in [2.24, 2.45) is 0 Å². The molecule has 0 spiro atoms. The van der Waals surface area contributed by atoms with Gasteiger partial charge in [-0.3, -0.25) is 14.9 Å². The maximum atomic E-state index is 11.2. The predicted octanol–water partition coefficient (Wildman–Crippen LogP) is 3.75. The van der Waals surface area contributed by atoms with E-state index in [0.717, 1.165) is 5.56 Å². The summed E-state index contributed by atoms with van der Waals surface area (Å²) in [7, 11) is 0. The van der Waals surface area contributed by atoms with E-state index >= 15 is 0 Å². The van der Waals surface area contributed by atoms with Crippen LogP contribution in [0.2, 0.25) is 0 Å². The van der Waals surface area contributed by atoms with Gasteiger partial charge in [-0.25, -0.2) is 0 Å². The van der Waals surface area contributed by atoms with Crippen molar-refractivity contribution in [1.29, 1.82) is 5.26 Å². The normalized spacial score (nSPS) is 11.4. The van der Waals surface area contributed by atoms with E-state index in [-0.39, 0.29) is 11.8 Å². The molecule has 0 saturated heterocycles. The van der Waals surface area contributed by atoms with E-state index in [1.807, 2.05) is 54.6 Å². The Morgan fingerprint density at radius 3 is 1.80 bits per heavy atom. The monoisotopic (exact) mass is 330 g/mol. The molecule has 0 atom stereocenters. The molecule has 3 rings (SSSR count). The van der Waals surface area contributed by atoms with E-state index in [9.17, 15) is 9.59 Å². The predicted molar refractivity (Wildman–Crippen MR) is 99.9 cm³/mol. The van der Waals surface area contributed by atoms with Gasteiger partial charge in [0.1, 0.15) is 0 Å². The largest absolute Gasteiger partial charge is 0.289 e. The van der Waals surface area contributed by atoms with Gasteiger partial charge in [0.25, 0.3) is 11.8 Å². The molecule has 2 amide bonds. The average Bonchev–Trinajstić information content (AvgIpc) is 3.02. The molecule has 124 valence electrons. The number of hydrogen-bond donors (Lipinski definition) is 1. The maximum absolute atomic E-state index is 11.2. The summed E-state index contributed by atoms with van der Waals surface area (Å²) < 4.78 is 0. The minimum absolute atomic E-state index is 0.323. The molecular formula is C21H18N2O2. The summed E-state index contributed by atoms with van der Waals surface area (Å²) in [5.41, 5.74) is 2.38. The molecule has 0 radical (unpaired) electrons. The quantitative estimate of drug-likeness (QED) is 0.673. The van der Waals surface area contributed by atoms with Gasteiger partial charge < -0.3 is 0 Å². The van der Waals surface area contributed by atoms with Crippen molar-refractivity contribution in [3.8, 4) is 6.07 Å². The highest BCUT2D eigenvalue weighted by molar-refractivity contribution is 6.33. The Hall–Kier alpha value is -3.71. The Morgan fingerprint density at radius 2 is 1.44 bits per heavy atom. The number of carbonyl (C=O) groups excluding carboxylic acids is 2. The Balaban J connectivity index is 0.000000223. The second kappa shape index (κ2) is 10.9. The van der Waals surface area contributed by atoms with Gasteiger partial charge in [-0.05, 0) is 11.1 Å². The molecule has 1 aliphatic rings. The highest BCUT2D eigenvalue weighted by Crippen LogP contribution is 2.16. The third-order valence-corrected chi connectivity index (χ3v) is 2.97. The molecule has 0 aromatic heterocycles. The molecule has 4 nitrogen and oxygen atoms in total. The van der Waals surface area contributed by atoms with Crippen molar-refractivity contribution >= 4 is 23.5 Å². The molecule has 1 aliphatic heterocycles. The zero-order chi connectivity index (χ0) is 18.5. The van der Waals surface area contributed by atoms with Gasteiger partial charge >= 0.3 is 0 Å². The summed E-state index contributed by atoms with van der Waals surface area (Å²) in [4.78, 5) is 22.0. The minimum Gasteiger partial charge on any atom is -0.289 e. The van der Waals surface area contributed by atoms with Crippen LogP contribution in [-0.2, 0) is 9.59 Å². The molecule has 0 bridgehead atoms. The molecule has 4 heteroatoms. The third kappa shape index (κ3) is 6.93. The lowest BCUT2D eigenvalue weighted by atomic mass is 10.1. The van der Waals surface area contributed by atoms with E-state index in [1.165, 1.54) is 17.7 Å². The summed E-state index contributed by atoms with van der Waals surface area (Å²) in [6.07, 6.45) is 4.33. The molecule has 0 saturated carbocycles. The number of imide groups is 1.